The molecule has 1 aliphatic rings. The van der Waals surface area contributed by atoms with Crippen LogP contribution in [0.3, 0.4) is 0 Å². The van der Waals surface area contributed by atoms with Gasteiger partial charge in [0.1, 0.15) is 5.69 Å². The first-order valence-electron chi connectivity index (χ1n) is 7.22. The number of aromatic nitrogens is 1. The number of nitrogens with zero attached hydrogens (tertiary/aromatic N) is 1. The quantitative estimate of drug-likeness (QED) is 0.903. The summed E-state index contributed by atoms with van der Waals surface area (Å²) in [5.74, 6) is -0.313. The monoisotopic (exact) mass is 272 g/mol. The minimum absolute atomic E-state index is 0.211. The molecule has 4 heteroatoms. The highest BCUT2D eigenvalue weighted by atomic mass is 16.4. The third-order valence-corrected chi connectivity index (χ3v) is 4.44. The molecule has 2 aromatic rings. The number of hydrogen-bond donors (Lipinski definition) is 2. The van der Waals surface area contributed by atoms with Crippen LogP contribution in [0.15, 0.2) is 30.3 Å². The molecule has 1 saturated heterocycles. The highest BCUT2D eigenvalue weighted by Crippen LogP contribution is 2.32. The molecule has 3 rings (SSSR count). The molecule has 1 unspecified atom stereocenters. The Bertz CT molecular complexity index is 626. The predicted molar refractivity (Wildman–Crippen MR) is 79.2 cm³/mol. The first-order chi connectivity index (χ1) is 9.68. The van der Waals surface area contributed by atoms with Crippen molar-refractivity contribution in [1.29, 1.82) is 0 Å². The van der Waals surface area contributed by atoms with Crippen molar-refractivity contribution in [1.82, 2.24) is 9.88 Å². The Morgan fingerprint density at radius 3 is 2.75 bits per heavy atom. The zero-order chi connectivity index (χ0) is 14.1. The third kappa shape index (κ3) is 2.20. The molecule has 0 spiro atoms. The van der Waals surface area contributed by atoms with Crippen molar-refractivity contribution in [2.75, 3.05) is 13.1 Å². The molecule has 106 valence electrons. The number of piperidine rings is 1. The summed E-state index contributed by atoms with van der Waals surface area (Å²) in [6.45, 7) is 4.20. The van der Waals surface area contributed by atoms with E-state index in [-0.39, 0.29) is 6.04 Å². The standard InChI is InChI=1S/C16H20N2O2/c1-11(12-6-8-17-9-7-12)18-14-5-3-2-4-13(14)10-15(18)16(19)20/h2-5,10-12,17H,6-9H2,1H3,(H,19,20). The van der Waals surface area contributed by atoms with Gasteiger partial charge in [-0.25, -0.2) is 4.79 Å². The molecule has 1 atom stereocenters. The van der Waals surface area contributed by atoms with E-state index in [0.717, 1.165) is 36.8 Å². The maximum Gasteiger partial charge on any atom is 0.352 e. The highest BCUT2D eigenvalue weighted by molar-refractivity contribution is 5.94. The summed E-state index contributed by atoms with van der Waals surface area (Å²) < 4.78 is 2.01. The van der Waals surface area contributed by atoms with E-state index in [1.165, 1.54) is 0 Å². The van der Waals surface area contributed by atoms with Crippen LogP contribution < -0.4 is 5.32 Å². The summed E-state index contributed by atoms with van der Waals surface area (Å²) in [6, 6.07) is 9.91. The van der Waals surface area contributed by atoms with Gasteiger partial charge in [0.05, 0.1) is 0 Å². The van der Waals surface area contributed by atoms with Crippen LogP contribution in [-0.2, 0) is 0 Å². The largest absolute Gasteiger partial charge is 0.477 e. The molecule has 0 amide bonds. The number of benzene rings is 1. The van der Waals surface area contributed by atoms with Gasteiger partial charge < -0.3 is 15.0 Å². The van der Waals surface area contributed by atoms with Gasteiger partial charge >= 0.3 is 5.97 Å². The van der Waals surface area contributed by atoms with Crippen molar-refractivity contribution in [3.63, 3.8) is 0 Å². The van der Waals surface area contributed by atoms with Gasteiger partial charge in [-0.15, -0.1) is 0 Å². The van der Waals surface area contributed by atoms with Crippen molar-refractivity contribution in [2.45, 2.75) is 25.8 Å². The van der Waals surface area contributed by atoms with Crippen LogP contribution in [0, 0.1) is 5.92 Å². The average molecular weight is 272 g/mol. The second-order valence-electron chi connectivity index (χ2n) is 5.59. The maximum absolute atomic E-state index is 11.5. The lowest BCUT2D eigenvalue weighted by Gasteiger charge is -2.30. The van der Waals surface area contributed by atoms with E-state index in [1.807, 2.05) is 28.8 Å². The first kappa shape index (κ1) is 13.2. The topological polar surface area (TPSA) is 54.3 Å². The number of nitrogens with one attached hydrogen (secondary N) is 1. The normalized spacial score (nSPS) is 18.2. The van der Waals surface area contributed by atoms with Gasteiger partial charge in [0.25, 0.3) is 0 Å². The van der Waals surface area contributed by atoms with E-state index >= 15 is 0 Å². The number of fused-ring (bicyclic) bond motifs is 1. The van der Waals surface area contributed by atoms with Gasteiger partial charge in [-0.3, -0.25) is 0 Å². The van der Waals surface area contributed by atoms with Crippen LogP contribution in [0.1, 0.15) is 36.3 Å². The SMILES string of the molecule is CC(C1CCNCC1)n1c(C(=O)O)cc2ccccc21. The number of hydrogen-bond acceptors (Lipinski definition) is 2. The molecule has 0 radical (unpaired) electrons. The van der Waals surface area contributed by atoms with Gasteiger partial charge in [-0.05, 0) is 50.9 Å². The lowest BCUT2D eigenvalue weighted by Crippen LogP contribution is -2.32. The lowest BCUT2D eigenvalue weighted by atomic mass is 9.91. The van der Waals surface area contributed by atoms with E-state index in [1.54, 1.807) is 6.07 Å². The van der Waals surface area contributed by atoms with Crippen molar-refractivity contribution >= 4 is 16.9 Å². The number of rotatable bonds is 3. The molecule has 1 aromatic heterocycles. The molecule has 2 heterocycles. The number of carboxylic acid groups (broad SMARTS) is 1. The molecule has 2 N–H and O–H groups in total. The zero-order valence-electron chi connectivity index (χ0n) is 11.7. The summed E-state index contributed by atoms with van der Waals surface area (Å²) in [7, 11) is 0. The summed E-state index contributed by atoms with van der Waals surface area (Å²) >= 11 is 0. The Kier molecular flexibility index (Phi) is 3.49. The fraction of sp³-hybridized carbons (Fsp3) is 0.438. The van der Waals surface area contributed by atoms with Crippen molar-refractivity contribution < 1.29 is 9.90 Å². The van der Waals surface area contributed by atoms with Gasteiger partial charge in [-0.2, -0.15) is 0 Å². The first-order valence-corrected chi connectivity index (χ1v) is 7.22. The molecule has 0 saturated carbocycles. The third-order valence-electron chi connectivity index (χ3n) is 4.44. The number of carbonyl (C=O) groups is 1. The molecular formula is C16H20N2O2. The van der Waals surface area contributed by atoms with Crippen LogP contribution in [0.25, 0.3) is 10.9 Å². The maximum atomic E-state index is 11.5. The van der Waals surface area contributed by atoms with Crippen LogP contribution in [0.5, 0.6) is 0 Å². The summed E-state index contributed by atoms with van der Waals surface area (Å²) in [5, 5.41) is 13.8. The average Bonchev–Trinajstić information content (AvgIpc) is 2.87. The summed E-state index contributed by atoms with van der Waals surface area (Å²) in [6.07, 6.45) is 2.21. The smallest absolute Gasteiger partial charge is 0.352 e. The molecule has 0 bridgehead atoms. The van der Waals surface area contributed by atoms with E-state index in [0.29, 0.717) is 11.6 Å². The zero-order valence-corrected chi connectivity index (χ0v) is 11.7. The van der Waals surface area contributed by atoms with Crippen LogP contribution in [-0.4, -0.2) is 28.7 Å². The molecule has 1 aliphatic heterocycles. The molecule has 1 aromatic carbocycles. The number of carboxylic acids is 1. The van der Waals surface area contributed by atoms with Crippen molar-refractivity contribution in [2.24, 2.45) is 5.92 Å². The highest BCUT2D eigenvalue weighted by Gasteiger charge is 2.26. The fourth-order valence-electron chi connectivity index (χ4n) is 3.32. The van der Waals surface area contributed by atoms with Crippen LogP contribution in [0.2, 0.25) is 0 Å². The Morgan fingerprint density at radius 2 is 2.05 bits per heavy atom. The predicted octanol–water partition coefficient (Wildman–Crippen LogP) is 2.90. The van der Waals surface area contributed by atoms with E-state index in [2.05, 4.69) is 12.2 Å². The van der Waals surface area contributed by atoms with Crippen molar-refractivity contribution in [3.8, 4) is 0 Å². The van der Waals surface area contributed by atoms with E-state index in [4.69, 9.17) is 0 Å². The Hall–Kier alpha value is -1.81. The van der Waals surface area contributed by atoms with Crippen molar-refractivity contribution in [3.05, 3.63) is 36.0 Å². The number of para-hydroxylation sites is 1. The second kappa shape index (κ2) is 5.29. The van der Waals surface area contributed by atoms with Crippen LogP contribution >= 0.6 is 0 Å². The molecule has 4 nitrogen and oxygen atoms in total. The summed E-state index contributed by atoms with van der Waals surface area (Å²) in [4.78, 5) is 11.5. The minimum Gasteiger partial charge on any atom is -0.477 e. The van der Waals surface area contributed by atoms with Gasteiger partial charge in [-0.1, -0.05) is 18.2 Å². The van der Waals surface area contributed by atoms with E-state index in [9.17, 15) is 9.90 Å². The second-order valence-corrected chi connectivity index (χ2v) is 5.59. The Balaban J connectivity index is 2.08. The van der Waals surface area contributed by atoms with Gasteiger partial charge in [0.2, 0.25) is 0 Å². The van der Waals surface area contributed by atoms with E-state index < -0.39 is 5.97 Å². The molecule has 0 aliphatic carbocycles. The summed E-state index contributed by atoms with van der Waals surface area (Å²) in [5.41, 5.74) is 1.42. The van der Waals surface area contributed by atoms with Gasteiger partial charge in [0, 0.05) is 16.9 Å². The fourth-order valence-corrected chi connectivity index (χ4v) is 3.32. The van der Waals surface area contributed by atoms with Crippen LogP contribution in [0.4, 0.5) is 0 Å². The molecule has 20 heavy (non-hydrogen) atoms. The minimum atomic E-state index is -0.845. The Labute approximate surface area is 118 Å². The molecule has 1 fully saturated rings. The number of aromatic carboxylic acids is 1. The Morgan fingerprint density at radius 1 is 1.35 bits per heavy atom. The lowest BCUT2D eigenvalue weighted by molar-refractivity contribution is 0.0680. The van der Waals surface area contributed by atoms with Gasteiger partial charge in [0.15, 0.2) is 0 Å². The molecular weight excluding hydrogens is 252 g/mol.